The average molecular weight is 423 g/mol. The topological polar surface area (TPSA) is 87.0 Å². The lowest BCUT2D eigenvalue weighted by Crippen LogP contribution is -2.62. The minimum atomic E-state index is -0.726. The van der Waals surface area contributed by atoms with Crippen LogP contribution < -0.4 is 0 Å². The fraction of sp³-hybridized carbons (Fsp3) is 0.960. The van der Waals surface area contributed by atoms with Crippen LogP contribution in [0.2, 0.25) is 0 Å². The number of methoxy groups -OCH3 is 1. The summed E-state index contributed by atoms with van der Waals surface area (Å²) in [5.41, 5.74) is 0.0154. The number of aliphatic carboxylic acids is 1. The molecule has 0 bridgehead atoms. The summed E-state index contributed by atoms with van der Waals surface area (Å²) in [7, 11) is 1.84. The maximum absolute atomic E-state index is 11.6. The second kappa shape index (κ2) is 8.04. The van der Waals surface area contributed by atoms with Crippen molar-refractivity contribution in [3.8, 4) is 0 Å². The van der Waals surface area contributed by atoms with Crippen LogP contribution in [-0.4, -0.2) is 46.7 Å². The quantitative estimate of drug-likeness (QED) is 0.621. The molecule has 0 heterocycles. The molecule has 3 N–H and O–H groups in total. The van der Waals surface area contributed by atoms with Gasteiger partial charge in [0.15, 0.2) is 0 Å². The van der Waals surface area contributed by atoms with E-state index in [-0.39, 0.29) is 35.6 Å². The number of hydrogen-bond acceptors (Lipinski definition) is 4. The van der Waals surface area contributed by atoms with Crippen molar-refractivity contribution in [2.75, 3.05) is 7.11 Å². The van der Waals surface area contributed by atoms with E-state index in [9.17, 15) is 15.0 Å². The minimum Gasteiger partial charge on any atom is -0.481 e. The van der Waals surface area contributed by atoms with E-state index in [1.54, 1.807) is 0 Å². The van der Waals surface area contributed by atoms with Crippen LogP contribution in [0.1, 0.15) is 78.6 Å². The molecule has 11 atom stereocenters. The lowest BCUT2D eigenvalue weighted by molar-refractivity contribution is -0.212. The van der Waals surface area contributed by atoms with Gasteiger partial charge in [-0.05, 0) is 97.7 Å². The van der Waals surface area contributed by atoms with Gasteiger partial charge in [-0.1, -0.05) is 20.8 Å². The van der Waals surface area contributed by atoms with Crippen molar-refractivity contribution in [2.45, 2.75) is 96.9 Å². The van der Waals surface area contributed by atoms with Crippen LogP contribution in [0.15, 0.2) is 0 Å². The van der Waals surface area contributed by atoms with E-state index < -0.39 is 5.97 Å². The Hall–Kier alpha value is -0.650. The van der Waals surface area contributed by atoms with E-state index >= 15 is 0 Å². The highest BCUT2D eigenvalue weighted by Crippen LogP contribution is 2.68. The molecular formula is C25H42O5. The van der Waals surface area contributed by atoms with Gasteiger partial charge in [0.25, 0.3) is 0 Å². The van der Waals surface area contributed by atoms with E-state index in [1.165, 1.54) is 0 Å². The minimum absolute atomic E-state index is 0.159. The van der Waals surface area contributed by atoms with Crippen molar-refractivity contribution in [1.29, 1.82) is 0 Å². The van der Waals surface area contributed by atoms with Crippen LogP contribution in [0, 0.1) is 46.3 Å². The van der Waals surface area contributed by atoms with Gasteiger partial charge >= 0.3 is 5.97 Å². The van der Waals surface area contributed by atoms with Crippen LogP contribution in [0.25, 0.3) is 0 Å². The molecule has 0 aromatic heterocycles. The molecule has 5 heteroatoms. The Morgan fingerprint density at radius 3 is 2.50 bits per heavy atom. The second-order valence-corrected chi connectivity index (χ2v) is 11.6. The number of hydrogen-bond donors (Lipinski definition) is 3. The molecule has 4 saturated carbocycles. The molecule has 172 valence electrons. The first-order valence-corrected chi connectivity index (χ1v) is 12.2. The van der Waals surface area contributed by atoms with Gasteiger partial charge in [0.05, 0.1) is 18.3 Å². The zero-order chi connectivity index (χ0) is 21.8. The Balaban J connectivity index is 1.63. The number of aliphatic hydroxyl groups excluding tert-OH is 2. The molecule has 5 nitrogen and oxygen atoms in total. The Morgan fingerprint density at radius 1 is 1.10 bits per heavy atom. The molecule has 0 aromatic rings. The zero-order valence-corrected chi connectivity index (χ0v) is 19.2. The summed E-state index contributed by atoms with van der Waals surface area (Å²) in [4.78, 5) is 11.1. The highest BCUT2D eigenvalue weighted by atomic mass is 16.5. The largest absolute Gasteiger partial charge is 0.481 e. The van der Waals surface area contributed by atoms with Gasteiger partial charge in [0.1, 0.15) is 0 Å². The Morgan fingerprint density at radius 2 is 1.83 bits per heavy atom. The fourth-order valence-electron chi connectivity index (χ4n) is 8.91. The summed E-state index contributed by atoms with van der Waals surface area (Å²) in [6.07, 6.45) is 7.39. The molecule has 4 aliphatic carbocycles. The lowest BCUT2D eigenvalue weighted by Gasteiger charge is -2.64. The lowest BCUT2D eigenvalue weighted by atomic mass is 9.43. The van der Waals surface area contributed by atoms with Crippen molar-refractivity contribution < 1.29 is 24.9 Å². The van der Waals surface area contributed by atoms with Crippen molar-refractivity contribution >= 4 is 5.97 Å². The van der Waals surface area contributed by atoms with Gasteiger partial charge in [0, 0.05) is 13.5 Å². The zero-order valence-electron chi connectivity index (χ0n) is 19.2. The number of carboxylic acid groups (broad SMARTS) is 1. The molecule has 0 unspecified atom stereocenters. The molecule has 4 aliphatic rings. The Bertz CT molecular complexity index is 651. The van der Waals surface area contributed by atoms with E-state index in [2.05, 4.69) is 20.8 Å². The number of rotatable bonds is 5. The van der Waals surface area contributed by atoms with Crippen LogP contribution >= 0.6 is 0 Å². The maximum Gasteiger partial charge on any atom is 0.303 e. The highest BCUT2D eigenvalue weighted by Gasteiger charge is 2.65. The van der Waals surface area contributed by atoms with Crippen molar-refractivity contribution in [3.05, 3.63) is 0 Å². The predicted molar refractivity (Wildman–Crippen MR) is 115 cm³/mol. The highest BCUT2D eigenvalue weighted by molar-refractivity contribution is 5.66. The average Bonchev–Trinajstić information content (AvgIpc) is 3.06. The molecule has 0 aliphatic heterocycles. The molecule has 30 heavy (non-hydrogen) atoms. The first-order valence-electron chi connectivity index (χ1n) is 12.2. The maximum atomic E-state index is 11.6. The van der Waals surface area contributed by atoms with Crippen molar-refractivity contribution in [2.24, 2.45) is 46.3 Å². The SMILES string of the molecule is CO[C@@H]1C[C@@H]2C[C@H](O)CC[C@]2(C)[C@H]2C[C@H](O)[C@]3(C)[C@@H]([C@H](C)CCC(=O)O)CC[C@H]3[C@H]12. The number of ether oxygens (including phenoxy) is 1. The summed E-state index contributed by atoms with van der Waals surface area (Å²) in [5.74, 6) is 1.74. The summed E-state index contributed by atoms with van der Waals surface area (Å²) >= 11 is 0. The summed E-state index contributed by atoms with van der Waals surface area (Å²) in [6, 6.07) is 0. The number of carboxylic acids is 1. The standard InChI is InChI=1S/C25H42O5/c1-14(5-8-22(28)29)17-6-7-18-23-19(13-21(27)25(17,18)3)24(2)10-9-16(26)11-15(24)12-20(23)30-4/h14-21,23,26-27H,5-13H2,1-4H3,(H,28,29)/t14-,15+,16-,17-,18+,19+,20-,21+,23+,24+,25-/m1/s1. The predicted octanol–water partition coefficient (Wildman–Crippen LogP) is 4.10. The van der Waals surface area contributed by atoms with Gasteiger partial charge in [-0.2, -0.15) is 0 Å². The van der Waals surface area contributed by atoms with Crippen LogP contribution in [0.3, 0.4) is 0 Å². The number of fused-ring (bicyclic) bond motifs is 5. The third-order valence-corrected chi connectivity index (χ3v) is 10.6. The first kappa shape index (κ1) is 22.5. The molecule has 0 amide bonds. The number of aliphatic hydroxyl groups is 2. The van der Waals surface area contributed by atoms with Gasteiger partial charge < -0.3 is 20.1 Å². The second-order valence-electron chi connectivity index (χ2n) is 11.6. The third-order valence-electron chi connectivity index (χ3n) is 10.6. The molecule has 0 radical (unpaired) electrons. The first-order chi connectivity index (χ1) is 14.1. The van der Waals surface area contributed by atoms with Crippen LogP contribution in [-0.2, 0) is 9.53 Å². The van der Waals surface area contributed by atoms with E-state index in [4.69, 9.17) is 9.84 Å². The van der Waals surface area contributed by atoms with E-state index in [0.29, 0.717) is 41.9 Å². The normalized spacial score (nSPS) is 51.5. The smallest absolute Gasteiger partial charge is 0.303 e. The molecular weight excluding hydrogens is 380 g/mol. The summed E-state index contributed by atoms with van der Waals surface area (Å²) < 4.78 is 6.11. The molecule has 4 fully saturated rings. The third kappa shape index (κ3) is 3.34. The molecule has 4 rings (SSSR count). The fourth-order valence-corrected chi connectivity index (χ4v) is 8.91. The number of carbonyl (C=O) groups is 1. The van der Waals surface area contributed by atoms with Gasteiger partial charge in [-0.3, -0.25) is 4.79 Å². The molecule has 0 spiro atoms. The van der Waals surface area contributed by atoms with Gasteiger partial charge in [-0.15, -0.1) is 0 Å². The summed E-state index contributed by atoms with van der Waals surface area (Å²) in [5, 5.41) is 31.0. The Labute approximate surface area is 181 Å². The molecule has 0 aromatic carbocycles. The van der Waals surface area contributed by atoms with Crippen molar-refractivity contribution in [3.63, 3.8) is 0 Å². The monoisotopic (exact) mass is 422 g/mol. The van der Waals surface area contributed by atoms with Crippen LogP contribution in [0.5, 0.6) is 0 Å². The van der Waals surface area contributed by atoms with E-state index in [0.717, 1.165) is 44.9 Å². The van der Waals surface area contributed by atoms with Gasteiger partial charge in [-0.25, -0.2) is 0 Å². The van der Waals surface area contributed by atoms with Crippen molar-refractivity contribution in [1.82, 2.24) is 0 Å². The Kier molecular flexibility index (Phi) is 6.04. The van der Waals surface area contributed by atoms with Crippen LogP contribution in [0.4, 0.5) is 0 Å². The summed E-state index contributed by atoms with van der Waals surface area (Å²) in [6.45, 7) is 6.90. The van der Waals surface area contributed by atoms with Gasteiger partial charge in [0.2, 0.25) is 0 Å². The van der Waals surface area contributed by atoms with E-state index in [1.807, 2.05) is 7.11 Å². The molecule has 0 saturated heterocycles.